The van der Waals surface area contributed by atoms with Gasteiger partial charge in [0.15, 0.2) is 0 Å². The summed E-state index contributed by atoms with van der Waals surface area (Å²) in [6.45, 7) is 3.40. The van der Waals surface area contributed by atoms with E-state index in [4.69, 9.17) is 11.6 Å². The maximum Gasteiger partial charge on any atom is 0.407 e. The largest absolute Gasteiger partial charge is 0.465 e. The zero-order chi connectivity index (χ0) is 16.4. The summed E-state index contributed by atoms with van der Waals surface area (Å²) < 4.78 is 0. The number of benzene rings is 1. The van der Waals surface area contributed by atoms with Crippen LogP contribution in [0.25, 0.3) is 0 Å². The van der Waals surface area contributed by atoms with Crippen LogP contribution in [0, 0.1) is 11.8 Å². The zero-order valence-electron chi connectivity index (χ0n) is 13.2. The Bertz CT molecular complexity index is 652. The van der Waals surface area contributed by atoms with Crippen LogP contribution in [0.15, 0.2) is 24.3 Å². The van der Waals surface area contributed by atoms with Crippen molar-refractivity contribution in [1.82, 2.24) is 9.80 Å². The van der Waals surface area contributed by atoms with Crippen LogP contribution in [0.5, 0.6) is 0 Å². The highest BCUT2D eigenvalue weighted by Crippen LogP contribution is 2.32. The van der Waals surface area contributed by atoms with E-state index in [0.717, 1.165) is 31.4 Å². The highest BCUT2D eigenvalue weighted by molar-refractivity contribution is 6.30. The molecule has 0 bridgehead atoms. The molecule has 0 saturated carbocycles. The molecule has 5 heteroatoms. The van der Waals surface area contributed by atoms with Crippen molar-refractivity contribution in [2.75, 3.05) is 13.1 Å². The Labute approximate surface area is 142 Å². The van der Waals surface area contributed by atoms with E-state index < -0.39 is 6.09 Å². The molecule has 1 amide bonds. The van der Waals surface area contributed by atoms with Crippen LogP contribution in [-0.2, 0) is 0 Å². The third-order valence-corrected chi connectivity index (χ3v) is 5.11. The fourth-order valence-electron chi connectivity index (χ4n) is 3.84. The van der Waals surface area contributed by atoms with E-state index in [0.29, 0.717) is 17.6 Å². The highest BCUT2D eigenvalue weighted by atomic mass is 35.5. The standard InChI is InChI=1S/C18H21ClN2O2/c1-2-16-17-9-8-15(20(17)10-11-21(16)18(22)23)7-6-13-4-3-5-14(19)12-13/h3-5,12,15-17H,2,8-11H2,1H3,(H,22,23)/t15-,16?,17+/m1/s1. The minimum absolute atomic E-state index is 0.0826. The molecule has 3 rings (SSSR count). The van der Waals surface area contributed by atoms with Crippen molar-refractivity contribution in [3.05, 3.63) is 34.9 Å². The first-order valence-electron chi connectivity index (χ1n) is 8.12. The molecular weight excluding hydrogens is 312 g/mol. The van der Waals surface area contributed by atoms with Crippen LogP contribution >= 0.6 is 11.6 Å². The Hall–Kier alpha value is -1.70. The Kier molecular flexibility index (Phi) is 4.79. The van der Waals surface area contributed by atoms with Crippen LogP contribution in [0.2, 0.25) is 5.02 Å². The van der Waals surface area contributed by atoms with E-state index in [2.05, 4.69) is 23.7 Å². The number of hydrogen-bond acceptors (Lipinski definition) is 2. The van der Waals surface area contributed by atoms with Gasteiger partial charge in [0.2, 0.25) is 0 Å². The van der Waals surface area contributed by atoms with Gasteiger partial charge in [0, 0.05) is 29.7 Å². The number of piperazine rings is 1. The van der Waals surface area contributed by atoms with Gasteiger partial charge in [-0.1, -0.05) is 36.4 Å². The van der Waals surface area contributed by atoms with E-state index in [9.17, 15) is 9.90 Å². The molecule has 4 nitrogen and oxygen atoms in total. The fourth-order valence-corrected chi connectivity index (χ4v) is 4.03. The molecule has 122 valence electrons. The summed E-state index contributed by atoms with van der Waals surface area (Å²) in [6, 6.07) is 8.17. The van der Waals surface area contributed by atoms with Crippen molar-refractivity contribution in [2.45, 2.75) is 44.3 Å². The highest BCUT2D eigenvalue weighted by Gasteiger charge is 2.43. The molecule has 2 fully saturated rings. The average Bonchev–Trinajstić information content (AvgIpc) is 2.95. The molecule has 1 unspecified atom stereocenters. The first kappa shape index (κ1) is 16.2. The van der Waals surface area contributed by atoms with E-state index in [1.807, 2.05) is 24.3 Å². The summed E-state index contributed by atoms with van der Waals surface area (Å²) in [6.07, 6.45) is 2.06. The van der Waals surface area contributed by atoms with Gasteiger partial charge in [-0.05, 0) is 37.5 Å². The minimum atomic E-state index is -0.801. The third kappa shape index (κ3) is 3.31. The number of amides is 1. The van der Waals surface area contributed by atoms with Gasteiger partial charge in [0.05, 0.1) is 12.1 Å². The van der Waals surface area contributed by atoms with Crippen LogP contribution in [0.1, 0.15) is 31.7 Å². The van der Waals surface area contributed by atoms with Crippen molar-refractivity contribution >= 4 is 17.7 Å². The van der Waals surface area contributed by atoms with Crippen LogP contribution in [0.3, 0.4) is 0 Å². The van der Waals surface area contributed by atoms with E-state index in [1.54, 1.807) is 4.90 Å². The predicted octanol–water partition coefficient (Wildman–Crippen LogP) is 3.30. The van der Waals surface area contributed by atoms with Gasteiger partial charge in [-0.15, -0.1) is 0 Å². The van der Waals surface area contributed by atoms with Crippen molar-refractivity contribution in [3.8, 4) is 11.8 Å². The van der Waals surface area contributed by atoms with Crippen molar-refractivity contribution in [2.24, 2.45) is 0 Å². The van der Waals surface area contributed by atoms with E-state index in [-0.39, 0.29) is 12.1 Å². The van der Waals surface area contributed by atoms with Crippen LogP contribution < -0.4 is 0 Å². The van der Waals surface area contributed by atoms with Crippen molar-refractivity contribution in [1.29, 1.82) is 0 Å². The molecule has 2 aliphatic rings. The molecule has 1 aromatic rings. The Morgan fingerprint density at radius 2 is 2.22 bits per heavy atom. The normalized spacial score (nSPS) is 27.2. The van der Waals surface area contributed by atoms with Gasteiger partial charge in [0.1, 0.15) is 0 Å². The van der Waals surface area contributed by atoms with E-state index in [1.165, 1.54) is 0 Å². The third-order valence-electron chi connectivity index (χ3n) is 4.88. The number of fused-ring (bicyclic) bond motifs is 1. The molecule has 3 atom stereocenters. The number of carboxylic acid groups (broad SMARTS) is 1. The number of rotatable bonds is 1. The smallest absolute Gasteiger partial charge is 0.407 e. The average molecular weight is 333 g/mol. The number of nitrogens with zero attached hydrogens (tertiary/aromatic N) is 2. The van der Waals surface area contributed by atoms with Gasteiger partial charge >= 0.3 is 6.09 Å². The molecule has 2 saturated heterocycles. The SMILES string of the molecule is CCC1[C@@H]2CC[C@@H](C#Cc3cccc(Cl)c3)N2CCN1C(=O)O. The lowest BCUT2D eigenvalue weighted by atomic mass is 9.99. The van der Waals surface area contributed by atoms with Crippen molar-refractivity contribution in [3.63, 3.8) is 0 Å². The Balaban J connectivity index is 1.75. The Morgan fingerprint density at radius 1 is 1.39 bits per heavy atom. The predicted molar refractivity (Wildman–Crippen MR) is 90.7 cm³/mol. The number of hydrogen-bond donors (Lipinski definition) is 1. The first-order valence-corrected chi connectivity index (χ1v) is 8.50. The Morgan fingerprint density at radius 3 is 2.91 bits per heavy atom. The van der Waals surface area contributed by atoms with Gasteiger partial charge in [-0.2, -0.15) is 0 Å². The molecule has 0 aromatic heterocycles. The first-order chi connectivity index (χ1) is 11.1. The maximum absolute atomic E-state index is 11.4. The summed E-state index contributed by atoms with van der Waals surface area (Å²) in [4.78, 5) is 15.4. The van der Waals surface area contributed by atoms with Crippen LogP contribution in [0.4, 0.5) is 4.79 Å². The van der Waals surface area contributed by atoms with Gasteiger partial charge in [-0.25, -0.2) is 4.79 Å². The molecule has 23 heavy (non-hydrogen) atoms. The monoisotopic (exact) mass is 332 g/mol. The minimum Gasteiger partial charge on any atom is -0.465 e. The fraction of sp³-hybridized carbons (Fsp3) is 0.500. The lowest BCUT2D eigenvalue weighted by Gasteiger charge is -2.44. The topological polar surface area (TPSA) is 43.8 Å². The molecule has 1 aromatic carbocycles. The maximum atomic E-state index is 11.4. The summed E-state index contributed by atoms with van der Waals surface area (Å²) in [5.41, 5.74) is 0.928. The second-order valence-corrected chi connectivity index (χ2v) is 6.57. The zero-order valence-corrected chi connectivity index (χ0v) is 14.0. The molecule has 0 radical (unpaired) electrons. The quantitative estimate of drug-likeness (QED) is 0.802. The molecule has 1 N–H and O–H groups in total. The number of halogens is 1. The van der Waals surface area contributed by atoms with Crippen LogP contribution in [-0.4, -0.2) is 52.2 Å². The van der Waals surface area contributed by atoms with E-state index >= 15 is 0 Å². The second-order valence-electron chi connectivity index (χ2n) is 6.13. The second kappa shape index (κ2) is 6.82. The van der Waals surface area contributed by atoms with Gasteiger partial charge in [-0.3, -0.25) is 4.90 Å². The summed E-state index contributed by atoms with van der Waals surface area (Å²) >= 11 is 6.00. The lowest BCUT2D eigenvalue weighted by molar-refractivity contribution is 0.0347. The summed E-state index contributed by atoms with van der Waals surface area (Å²) in [5, 5.41) is 10.1. The lowest BCUT2D eigenvalue weighted by Crippen LogP contribution is -2.59. The van der Waals surface area contributed by atoms with Gasteiger partial charge in [0.25, 0.3) is 0 Å². The molecule has 0 spiro atoms. The molecule has 2 heterocycles. The summed E-state index contributed by atoms with van der Waals surface area (Å²) in [5.74, 6) is 6.59. The summed E-state index contributed by atoms with van der Waals surface area (Å²) in [7, 11) is 0. The molecule has 2 aliphatic heterocycles. The number of carbonyl (C=O) groups is 1. The molecular formula is C18H21ClN2O2. The molecule has 0 aliphatic carbocycles. The van der Waals surface area contributed by atoms with Crippen molar-refractivity contribution < 1.29 is 9.90 Å². The van der Waals surface area contributed by atoms with Gasteiger partial charge < -0.3 is 10.0 Å².